The number of unbranched alkanes of at least 4 members (excludes halogenated alkanes) is 2. The molecule has 0 fully saturated rings. The van der Waals surface area contributed by atoms with Crippen LogP contribution in [0.3, 0.4) is 0 Å². The van der Waals surface area contributed by atoms with Gasteiger partial charge in [-0.3, -0.25) is 0 Å². The van der Waals surface area contributed by atoms with Gasteiger partial charge in [-0.05, 0) is 0 Å². The van der Waals surface area contributed by atoms with Crippen molar-refractivity contribution < 1.29 is 23.3 Å². The molecule has 0 aliphatic rings. The maximum absolute atomic E-state index is 11.1. The Labute approximate surface area is 92.5 Å². The fraction of sp³-hybridized carbons (Fsp3) is 0.667. The van der Waals surface area contributed by atoms with Crippen molar-refractivity contribution in [3.05, 3.63) is 6.67 Å². The summed E-state index contributed by atoms with van der Waals surface area (Å²) in [6, 6.07) is 0. The summed E-state index contributed by atoms with van der Waals surface area (Å²) in [5.41, 5.74) is 0. The molecule has 72 valence electrons. The molecular weight excluding hydrogens is 162 g/mol. The Morgan fingerprint density at radius 2 is 1.85 bits per heavy atom. The molecule has 2 N–H and O–H groups in total. The molecule has 0 saturated carbocycles. The third-order valence-corrected chi connectivity index (χ3v) is 0.904. The van der Waals surface area contributed by atoms with Gasteiger partial charge in [0.2, 0.25) is 0 Å². The van der Waals surface area contributed by atoms with Gasteiger partial charge >= 0.3 is 18.9 Å². The Bertz CT molecular complexity index is 108. The maximum atomic E-state index is 11.1. The molecule has 0 atom stereocenters. The average molecular weight is 178 g/mol. The standard InChI is InChI=1S/C5H8FN.C4H8N.Li/c6-4-2-1-3-5-7;1-4(2)3-5;/h4,7H,1-3H2;4-5H,1-2H3;/q-2;-1;+1. The van der Waals surface area contributed by atoms with Crippen molar-refractivity contribution in [1.29, 1.82) is 10.8 Å². The first-order valence-corrected chi connectivity index (χ1v) is 3.92. The Kier molecular flexibility index (Phi) is 25.5. The van der Waals surface area contributed by atoms with Gasteiger partial charge in [-0.25, -0.2) is 0 Å². The van der Waals surface area contributed by atoms with Crippen LogP contribution in [0.15, 0.2) is 0 Å². The Morgan fingerprint density at radius 1 is 1.38 bits per heavy atom. The van der Waals surface area contributed by atoms with Gasteiger partial charge in [0.1, 0.15) is 0 Å². The molecule has 0 saturated heterocycles. The van der Waals surface area contributed by atoms with Crippen LogP contribution < -0.4 is 18.9 Å². The summed E-state index contributed by atoms with van der Waals surface area (Å²) in [6.07, 6.45) is 6.17. The quantitative estimate of drug-likeness (QED) is 0.257. The fourth-order valence-electron chi connectivity index (χ4n) is 0.268. The molecule has 2 nitrogen and oxygen atoms in total. The summed E-state index contributed by atoms with van der Waals surface area (Å²) in [4.78, 5) is 0. The summed E-state index contributed by atoms with van der Waals surface area (Å²) in [5.74, 6) is 0.301. The van der Waals surface area contributed by atoms with Crippen molar-refractivity contribution in [3.63, 3.8) is 0 Å². The summed E-state index contributed by atoms with van der Waals surface area (Å²) in [5, 5.41) is 12.8. The van der Waals surface area contributed by atoms with Crippen molar-refractivity contribution in [3.8, 4) is 0 Å². The van der Waals surface area contributed by atoms with E-state index in [0.717, 1.165) is 0 Å². The van der Waals surface area contributed by atoms with E-state index in [1.807, 2.05) is 13.8 Å². The summed E-state index contributed by atoms with van der Waals surface area (Å²) >= 11 is 0. The normalized spacial score (nSPS) is 8.00. The predicted molar refractivity (Wildman–Crippen MR) is 49.6 cm³/mol. The number of hydrogen-bond donors (Lipinski definition) is 2. The second-order valence-electron chi connectivity index (χ2n) is 2.52. The van der Waals surface area contributed by atoms with E-state index in [1.165, 1.54) is 0 Å². The van der Waals surface area contributed by atoms with E-state index in [0.29, 0.717) is 31.9 Å². The van der Waals surface area contributed by atoms with Crippen LogP contribution in [0, 0.1) is 23.4 Å². The minimum Gasteiger partial charge on any atom is -0.519 e. The molecule has 0 aliphatic heterocycles. The van der Waals surface area contributed by atoms with Crippen LogP contribution in [0.25, 0.3) is 0 Å². The molecule has 0 spiro atoms. The first-order chi connectivity index (χ1) is 5.68. The summed E-state index contributed by atoms with van der Waals surface area (Å²) < 4.78 is 11.1. The molecule has 0 radical (unpaired) electrons. The number of halogens is 1. The van der Waals surface area contributed by atoms with Gasteiger partial charge in [0.25, 0.3) is 0 Å². The van der Waals surface area contributed by atoms with Gasteiger partial charge < -0.3 is 27.6 Å². The van der Waals surface area contributed by atoms with E-state index in [2.05, 4.69) is 12.4 Å². The molecule has 13 heavy (non-hydrogen) atoms. The third kappa shape index (κ3) is 33.6. The molecule has 0 aromatic heterocycles. The first-order valence-electron chi connectivity index (χ1n) is 3.92. The number of nitrogens with one attached hydrogen (secondary N) is 2. The van der Waals surface area contributed by atoms with Crippen molar-refractivity contribution in [1.82, 2.24) is 0 Å². The molecule has 4 heteroatoms. The molecule has 0 aromatic rings. The second-order valence-corrected chi connectivity index (χ2v) is 2.52. The van der Waals surface area contributed by atoms with E-state index in [-0.39, 0.29) is 18.9 Å². The smallest absolute Gasteiger partial charge is 0.519 e. The van der Waals surface area contributed by atoms with E-state index in [1.54, 1.807) is 0 Å². The van der Waals surface area contributed by atoms with Crippen molar-refractivity contribution in [2.24, 2.45) is 5.92 Å². The van der Waals surface area contributed by atoms with Gasteiger partial charge in [-0.1, -0.05) is 13.8 Å². The zero-order valence-corrected chi connectivity index (χ0v) is 8.65. The van der Waals surface area contributed by atoms with Crippen LogP contribution in [0.5, 0.6) is 0 Å². The average Bonchev–Trinajstić information content (AvgIpc) is 2.07. The topological polar surface area (TPSA) is 47.7 Å². The molecule has 0 unspecified atom stereocenters. The molecule has 0 rings (SSSR count). The third-order valence-electron chi connectivity index (χ3n) is 0.904. The number of hydrogen-bond acceptors (Lipinski definition) is 2. The largest absolute Gasteiger partial charge is 1.00 e. The maximum Gasteiger partial charge on any atom is 1.00 e. The van der Waals surface area contributed by atoms with Crippen LogP contribution in [0.2, 0.25) is 0 Å². The Morgan fingerprint density at radius 3 is 2.08 bits per heavy atom. The zero-order valence-electron chi connectivity index (χ0n) is 8.65. The predicted octanol–water partition coefficient (Wildman–Crippen LogP) is -0.0125. The second kappa shape index (κ2) is 17.8. The summed E-state index contributed by atoms with van der Waals surface area (Å²) in [6.45, 7) is 4.46. The van der Waals surface area contributed by atoms with Crippen molar-refractivity contribution in [2.75, 3.05) is 0 Å². The summed E-state index contributed by atoms with van der Waals surface area (Å²) in [7, 11) is 0. The van der Waals surface area contributed by atoms with E-state index < -0.39 is 0 Å². The minimum absolute atomic E-state index is 0. The Balaban J connectivity index is -0.000000150. The molecule has 0 amide bonds. The molecule has 0 bridgehead atoms. The Hall–Kier alpha value is -0.133. The van der Waals surface area contributed by atoms with Gasteiger partial charge in [0.05, 0.1) is 0 Å². The van der Waals surface area contributed by atoms with Crippen LogP contribution in [-0.2, 0) is 0 Å². The van der Waals surface area contributed by atoms with Crippen LogP contribution in [0.4, 0.5) is 4.39 Å². The van der Waals surface area contributed by atoms with E-state index in [4.69, 9.17) is 10.8 Å². The van der Waals surface area contributed by atoms with E-state index in [9.17, 15) is 4.39 Å². The van der Waals surface area contributed by atoms with Gasteiger partial charge in [0, 0.05) is 0 Å². The zero-order chi connectivity index (χ0) is 9.82. The van der Waals surface area contributed by atoms with Crippen molar-refractivity contribution >= 4 is 12.4 Å². The number of rotatable bonds is 5. The SMILES string of the molecule is CC(C)[C-]=N.N=[C-]CCC[CH-]F.[Li+]. The van der Waals surface area contributed by atoms with E-state index >= 15 is 0 Å². The van der Waals surface area contributed by atoms with Crippen LogP contribution in [0.1, 0.15) is 33.1 Å². The fourth-order valence-corrected chi connectivity index (χ4v) is 0.268. The molecular formula is C9H16FLiN2-2. The minimum atomic E-state index is 0. The molecule has 0 aromatic carbocycles. The van der Waals surface area contributed by atoms with Gasteiger partial charge in [0.15, 0.2) is 0 Å². The van der Waals surface area contributed by atoms with Gasteiger partial charge in [-0.2, -0.15) is 25.4 Å². The molecule has 0 heterocycles. The van der Waals surface area contributed by atoms with Gasteiger partial charge in [-0.15, -0.1) is 6.42 Å². The monoisotopic (exact) mass is 178 g/mol. The van der Waals surface area contributed by atoms with Crippen LogP contribution in [-0.4, -0.2) is 12.4 Å². The van der Waals surface area contributed by atoms with Crippen molar-refractivity contribution in [2.45, 2.75) is 33.1 Å². The molecule has 0 aliphatic carbocycles. The first kappa shape index (κ1) is 18.6. The van der Waals surface area contributed by atoms with Crippen LogP contribution >= 0.6 is 0 Å².